The fraction of sp³-hybridized carbons (Fsp3) is 0.375. The van der Waals surface area contributed by atoms with E-state index in [1.165, 1.54) is 22.0 Å². The Kier molecular flexibility index (Phi) is 7.25. The molecule has 0 amide bonds. The van der Waals surface area contributed by atoms with Crippen molar-refractivity contribution >= 4 is 13.3 Å². The van der Waals surface area contributed by atoms with Gasteiger partial charge in [-0.25, -0.2) is 0 Å². The Bertz CT molecular complexity index is 892. The van der Waals surface area contributed by atoms with Crippen LogP contribution in [0.1, 0.15) is 50.7 Å². The second kappa shape index (κ2) is 8.90. The number of hydrogen-bond donors (Lipinski definition) is 0. The summed E-state index contributed by atoms with van der Waals surface area (Å²) in [7, 11) is -1.32. The Morgan fingerprint density at radius 3 is 2.00 bits per heavy atom. The molecule has 1 heterocycles. The normalized spacial score (nSPS) is 11.8. The minimum atomic E-state index is -1.32. The summed E-state index contributed by atoms with van der Waals surface area (Å²) in [5.41, 5.74) is 5.05. The molecule has 0 N–H and O–H groups in total. The van der Waals surface area contributed by atoms with Crippen molar-refractivity contribution in [1.29, 1.82) is 0 Å². The van der Waals surface area contributed by atoms with E-state index < -0.39 is 8.07 Å². The first-order valence-electron chi connectivity index (χ1n) is 9.89. The fourth-order valence-corrected chi connectivity index (χ4v) is 4.59. The number of imidazole rings is 1. The Hall–Kier alpha value is -1.48. The molecule has 1 aromatic heterocycles. The number of aromatic nitrogens is 2. The third kappa shape index (κ3) is 4.56. The van der Waals surface area contributed by atoms with Crippen LogP contribution in [-0.2, 0) is 20.1 Å². The van der Waals surface area contributed by atoms with Gasteiger partial charge in [0, 0.05) is 46.3 Å². The van der Waals surface area contributed by atoms with Crippen LogP contribution in [0.25, 0.3) is 17.1 Å². The summed E-state index contributed by atoms with van der Waals surface area (Å²) in [6.07, 6.45) is 3.99. The predicted molar refractivity (Wildman–Crippen MR) is 119 cm³/mol. The van der Waals surface area contributed by atoms with E-state index in [-0.39, 0.29) is 20.1 Å². The maximum absolute atomic E-state index is 4.70. The molecular formula is C24H31IrN2Si-. The molecule has 0 saturated carbocycles. The monoisotopic (exact) mass is 568 g/mol. The van der Waals surface area contributed by atoms with Crippen molar-refractivity contribution in [2.75, 3.05) is 0 Å². The molecule has 4 heteroatoms. The zero-order valence-corrected chi connectivity index (χ0v) is 21.4. The van der Waals surface area contributed by atoms with Crippen molar-refractivity contribution in [3.8, 4) is 17.1 Å². The van der Waals surface area contributed by atoms with Gasteiger partial charge in [-0.1, -0.05) is 65.5 Å². The molecule has 0 spiro atoms. The number of benzene rings is 2. The quantitative estimate of drug-likeness (QED) is 0.268. The maximum Gasteiger partial charge on any atom is 0.0602 e. The molecule has 0 atom stereocenters. The molecular weight excluding hydrogens is 537 g/mol. The first kappa shape index (κ1) is 22.8. The van der Waals surface area contributed by atoms with E-state index in [1.807, 2.05) is 6.20 Å². The topological polar surface area (TPSA) is 17.8 Å². The first-order valence-corrected chi connectivity index (χ1v) is 13.4. The van der Waals surface area contributed by atoms with Gasteiger partial charge < -0.3 is 4.57 Å². The Labute approximate surface area is 184 Å². The molecule has 3 aromatic rings. The minimum Gasteiger partial charge on any atom is -0.340 e. The Balaban J connectivity index is 0.00000280. The van der Waals surface area contributed by atoms with Crippen LogP contribution >= 0.6 is 0 Å². The van der Waals surface area contributed by atoms with Crippen LogP contribution < -0.4 is 5.19 Å². The van der Waals surface area contributed by atoms with Gasteiger partial charge in [0.15, 0.2) is 0 Å². The second-order valence-electron chi connectivity index (χ2n) is 8.96. The summed E-state index contributed by atoms with van der Waals surface area (Å²) in [5, 5.41) is 1.43. The average Bonchev–Trinajstić information content (AvgIpc) is 3.09. The van der Waals surface area contributed by atoms with Gasteiger partial charge in [0.1, 0.15) is 0 Å². The summed E-state index contributed by atoms with van der Waals surface area (Å²) in [5.74, 6) is 1.87. The van der Waals surface area contributed by atoms with Crippen molar-refractivity contribution in [2.24, 2.45) is 0 Å². The van der Waals surface area contributed by atoms with Crippen molar-refractivity contribution in [3.63, 3.8) is 0 Å². The van der Waals surface area contributed by atoms with E-state index in [0.717, 1.165) is 11.4 Å². The molecule has 0 aliphatic heterocycles. The summed E-state index contributed by atoms with van der Waals surface area (Å²) < 4.78 is 2.25. The summed E-state index contributed by atoms with van der Waals surface area (Å²) >= 11 is 0. The van der Waals surface area contributed by atoms with E-state index in [0.29, 0.717) is 11.8 Å². The van der Waals surface area contributed by atoms with E-state index in [1.54, 1.807) is 0 Å². The van der Waals surface area contributed by atoms with Crippen LogP contribution in [0.15, 0.2) is 48.8 Å². The Morgan fingerprint density at radius 2 is 1.54 bits per heavy atom. The van der Waals surface area contributed by atoms with E-state index >= 15 is 0 Å². The molecule has 0 aliphatic carbocycles. The number of nitrogens with zero attached hydrogens (tertiary/aromatic N) is 2. The van der Waals surface area contributed by atoms with Gasteiger partial charge in [0.05, 0.1) is 5.82 Å². The predicted octanol–water partition coefficient (Wildman–Crippen LogP) is 6.13. The van der Waals surface area contributed by atoms with Gasteiger partial charge in [0.25, 0.3) is 0 Å². The summed E-state index contributed by atoms with van der Waals surface area (Å²) in [6, 6.07) is 16.8. The molecule has 2 nitrogen and oxygen atoms in total. The molecule has 28 heavy (non-hydrogen) atoms. The van der Waals surface area contributed by atoms with Gasteiger partial charge in [-0.15, -0.1) is 35.0 Å². The second-order valence-corrected chi connectivity index (χ2v) is 14.0. The molecule has 0 bridgehead atoms. The van der Waals surface area contributed by atoms with Crippen molar-refractivity contribution in [3.05, 3.63) is 66.0 Å². The Morgan fingerprint density at radius 1 is 0.929 bits per heavy atom. The third-order valence-corrected chi connectivity index (χ3v) is 7.19. The molecule has 0 saturated heterocycles. The van der Waals surface area contributed by atoms with E-state index in [4.69, 9.17) is 4.98 Å². The average molecular weight is 568 g/mol. The van der Waals surface area contributed by atoms with E-state index in [2.05, 4.69) is 101 Å². The van der Waals surface area contributed by atoms with Crippen molar-refractivity contribution in [2.45, 2.75) is 59.2 Å². The van der Waals surface area contributed by atoms with E-state index in [9.17, 15) is 0 Å². The van der Waals surface area contributed by atoms with Gasteiger partial charge >= 0.3 is 0 Å². The smallest absolute Gasteiger partial charge is 0.0602 e. The largest absolute Gasteiger partial charge is 0.340 e. The molecule has 0 unspecified atom stereocenters. The van der Waals surface area contributed by atoms with Crippen LogP contribution in [0.4, 0.5) is 0 Å². The number of hydrogen-bond acceptors (Lipinski definition) is 1. The third-order valence-electron chi connectivity index (χ3n) is 5.14. The van der Waals surface area contributed by atoms with Gasteiger partial charge in [-0.2, -0.15) is 0 Å². The van der Waals surface area contributed by atoms with Gasteiger partial charge in [-0.3, -0.25) is 4.98 Å². The van der Waals surface area contributed by atoms with Crippen LogP contribution in [0, 0.1) is 6.07 Å². The van der Waals surface area contributed by atoms with Crippen molar-refractivity contribution < 1.29 is 20.1 Å². The SMILES string of the molecule is CC(C)c1cccc(C(C)C)c1-n1ccnc1-c1[c-]cc([Si](C)(C)C)cc1.[Ir]. The molecule has 1 radical (unpaired) electrons. The van der Waals surface area contributed by atoms with Crippen LogP contribution in [0.3, 0.4) is 0 Å². The minimum absolute atomic E-state index is 0. The zero-order valence-electron chi connectivity index (χ0n) is 18.0. The van der Waals surface area contributed by atoms with Crippen LogP contribution in [0.5, 0.6) is 0 Å². The molecule has 151 valence electrons. The van der Waals surface area contributed by atoms with Crippen LogP contribution in [-0.4, -0.2) is 17.6 Å². The number of para-hydroxylation sites is 1. The van der Waals surface area contributed by atoms with Gasteiger partial charge in [-0.05, 0) is 23.0 Å². The first-order chi connectivity index (χ1) is 12.7. The standard InChI is InChI=1S/C24H31N2Si.Ir/c1-17(2)21-9-8-10-22(18(3)4)23(21)26-16-15-25-24(26)19-11-13-20(14-12-19)27(5,6)7;/h8-11,13-18H,1-7H3;/q-1;. The summed E-state index contributed by atoms with van der Waals surface area (Å²) in [4.78, 5) is 4.70. The molecule has 0 fully saturated rings. The maximum atomic E-state index is 4.70. The zero-order chi connectivity index (χ0) is 19.8. The van der Waals surface area contributed by atoms with Gasteiger partial charge in [0.2, 0.25) is 0 Å². The molecule has 2 aromatic carbocycles. The molecule has 0 aliphatic rings. The van der Waals surface area contributed by atoms with Crippen molar-refractivity contribution in [1.82, 2.24) is 9.55 Å². The van der Waals surface area contributed by atoms with Crippen LogP contribution in [0.2, 0.25) is 19.6 Å². The molecule has 3 rings (SSSR count). The summed E-state index contributed by atoms with van der Waals surface area (Å²) in [6.45, 7) is 16.1. The number of rotatable bonds is 5. The fourth-order valence-electron chi connectivity index (χ4n) is 3.50.